The molecule has 1 amide bonds. The van der Waals surface area contributed by atoms with Gasteiger partial charge in [-0.05, 0) is 25.8 Å². The van der Waals surface area contributed by atoms with E-state index in [2.05, 4.69) is 11.1 Å². The second kappa shape index (κ2) is 27.6. The number of aromatic amines is 1. The maximum absolute atomic E-state index is 14.7. The van der Waals surface area contributed by atoms with Gasteiger partial charge in [0, 0.05) is 45.2 Å². The third kappa shape index (κ3) is 17.1. The van der Waals surface area contributed by atoms with Crippen LogP contribution in [0, 0.1) is 5.92 Å². The van der Waals surface area contributed by atoms with E-state index in [1.54, 1.807) is 6.92 Å². The molecule has 404 valence electrons. The highest BCUT2D eigenvalue weighted by molar-refractivity contribution is 7.80. The van der Waals surface area contributed by atoms with Crippen molar-refractivity contribution in [2.45, 2.75) is 190 Å². The molecule has 0 aromatic carbocycles. The highest BCUT2D eigenvalue weighted by Crippen LogP contribution is 2.37. The number of carboxylic acids is 2. The first-order valence-electron chi connectivity index (χ1n) is 24.0. The van der Waals surface area contributed by atoms with E-state index in [-0.39, 0.29) is 19.3 Å². The van der Waals surface area contributed by atoms with E-state index in [1.807, 2.05) is 4.98 Å². The van der Waals surface area contributed by atoms with E-state index in [9.17, 15) is 72.1 Å². The molecule has 4 rings (SSSR count). The number of nitrogens with zero attached hydrogens (tertiary/aromatic N) is 3. The zero-order valence-corrected chi connectivity index (χ0v) is 41.2. The molecule has 14 atom stereocenters. The fraction of sp³-hybridized carbons (Fsp3) is 0.795. The van der Waals surface area contributed by atoms with Crippen LogP contribution in [0.1, 0.15) is 116 Å². The number of aliphatic hydroxyl groups is 3. The summed E-state index contributed by atoms with van der Waals surface area (Å²) in [6, 6.07) is -2.88. The number of carbonyl (C=O) groups is 5. The first-order valence-corrected chi connectivity index (χ1v) is 25.3. The van der Waals surface area contributed by atoms with Crippen LogP contribution in [-0.4, -0.2) is 188 Å². The summed E-state index contributed by atoms with van der Waals surface area (Å²) in [5, 5.41) is 53.4. The van der Waals surface area contributed by atoms with Gasteiger partial charge in [-0.15, -0.1) is 0 Å². The Kier molecular flexibility index (Phi) is 23.0. The molecule has 71 heavy (non-hydrogen) atoms. The molecule has 0 spiro atoms. The lowest BCUT2D eigenvalue weighted by Gasteiger charge is -2.38. The number of aromatic nitrogens is 2. The van der Waals surface area contributed by atoms with Gasteiger partial charge in [0.15, 0.2) is 24.7 Å². The molecule has 3 saturated heterocycles. The summed E-state index contributed by atoms with van der Waals surface area (Å²) in [5.74, 6) is -6.26. The Labute approximate surface area is 410 Å². The molecule has 0 radical (unpaired) electrons. The number of hydrogen-bond acceptors (Lipinski definition) is 20. The Morgan fingerprint density at radius 3 is 2.06 bits per heavy atom. The number of ether oxygens (including phenoxy) is 5. The first kappa shape index (κ1) is 59.1. The number of amides is 1. The minimum absolute atomic E-state index is 0.213. The number of likely N-dealkylation sites (N-methyl/N-ethyl adjacent to an activating group) is 2. The molecule has 26 nitrogen and oxygen atoms in total. The topological polar surface area (TPSA) is 384 Å². The monoisotopic (exact) mass is 1040 g/mol. The van der Waals surface area contributed by atoms with E-state index < -0.39 is 156 Å². The number of H-pyrrole nitrogens is 1. The van der Waals surface area contributed by atoms with Crippen LogP contribution >= 0.6 is 0 Å². The first-order chi connectivity index (χ1) is 33.5. The van der Waals surface area contributed by atoms with Crippen LogP contribution in [0.5, 0.6) is 0 Å². The standard InChI is InChI=1S/C44H71N5O21S/c1-5-6-7-8-9-10-11-12-13-14-15-16-25(65-30(53)20-24(2)19-29(51)52)21-31(54)66-27-23-47(3)33(40(58)48(4)32(27)42(59)60)37(69-43-39(70-71(62,63)64)34(55)26(22-45)67-43)38-35(56)36(57)41(68-38)49-18-17-28(50)46-44(49)61/h17-18,24-27,32-39,41,43,55-57H,5-16,19-23,45H2,1-4H3,(H,51,52)(H,59,60)(H,46,50,61)(H,62,63,64)/t24?,25?,26-,27?,32?,33?,34-,35+,36-,37?,38+,39-,41-,43+/m1/s1. The predicted octanol–water partition coefficient (Wildman–Crippen LogP) is -0.585. The van der Waals surface area contributed by atoms with Crippen molar-refractivity contribution in [1.29, 1.82) is 0 Å². The van der Waals surface area contributed by atoms with E-state index in [0.29, 0.717) is 15.9 Å². The minimum Gasteiger partial charge on any atom is -0.481 e. The quantitative estimate of drug-likeness (QED) is 0.0282. The summed E-state index contributed by atoms with van der Waals surface area (Å²) >= 11 is 0. The van der Waals surface area contributed by atoms with Gasteiger partial charge in [-0.25, -0.2) is 13.8 Å². The summed E-state index contributed by atoms with van der Waals surface area (Å²) in [7, 11) is -3.06. The number of carboxylic acid groups (broad SMARTS) is 2. The number of hydrogen-bond donors (Lipinski definition) is 8. The Morgan fingerprint density at radius 1 is 0.873 bits per heavy atom. The van der Waals surface area contributed by atoms with Gasteiger partial charge in [0.25, 0.3) is 5.56 Å². The lowest BCUT2D eigenvalue weighted by atomic mass is 9.97. The van der Waals surface area contributed by atoms with Gasteiger partial charge < -0.3 is 59.9 Å². The van der Waals surface area contributed by atoms with Crippen LogP contribution in [0.4, 0.5) is 0 Å². The Balaban J connectivity index is 1.62. The Bertz CT molecular complexity index is 2160. The SMILES string of the molecule is CCCCCCCCCCCCCC(CC(=O)OC1CN(C)C(C(O[C@@H]2O[C@H](CN)[C@@H](O)[C@H]2OS(=O)(=O)O)[C@H]2O[C@@H](n3ccc(=O)[nH]c3=O)[C@H](O)[C@@H]2O)C(=O)N(C)C1C(=O)O)OC(=O)CC(C)CC(=O)O. The predicted molar refractivity (Wildman–Crippen MR) is 244 cm³/mol. The molecule has 0 aliphatic carbocycles. The van der Waals surface area contributed by atoms with Gasteiger partial charge in [0.1, 0.15) is 54.9 Å². The number of nitrogens with one attached hydrogen (secondary N) is 1. The number of esters is 2. The smallest absolute Gasteiger partial charge is 0.397 e. The summed E-state index contributed by atoms with van der Waals surface area (Å²) in [6.07, 6.45) is -8.76. The van der Waals surface area contributed by atoms with Crippen molar-refractivity contribution >= 4 is 40.2 Å². The molecule has 0 bridgehead atoms. The second-order valence-corrected chi connectivity index (χ2v) is 19.6. The molecule has 6 unspecified atom stereocenters. The van der Waals surface area contributed by atoms with Crippen molar-refractivity contribution in [2.24, 2.45) is 11.7 Å². The number of aliphatic carboxylic acids is 2. The third-order valence-electron chi connectivity index (χ3n) is 12.8. The molecule has 4 heterocycles. The average Bonchev–Trinajstić information content (AvgIpc) is 3.69. The van der Waals surface area contributed by atoms with Crippen LogP contribution in [0.2, 0.25) is 0 Å². The van der Waals surface area contributed by atoms with Crippen molar-refractivity contribution in [1.82, 2.24) is 19.4 Å². The van der Waals surface area contributed by atoms with E-state index in [1.165, 1.54) is 32.7 Å². The molecule has 3 aliphatic heterocycles. The van der Waals surface area contributed by atoms with Crippen molar-refractivity contribution in [2.75, 3.05) is 27.2 Å². The Morgan fingerprint density at radius 2 is 1.49 bits per heavy atom. The van der Waals surface area contributed by atoms with E-state index in [0.717, 1.165) is 62.7 Å². The Hall–Kier alpha value is -4.42. The van der Waals surface area contributed by atoms with Crippen molar-refractivity contribution < 1.29 is 90.3 Å². The summed E-state index contributed by atoms with van der Waals surface area (Å²) in [4.78, 5) is 94.3. The number of rotatable bonds is 29. The van der Waals surface area contributed by atoms with Crippen molar-refractivity contribution in [3.8, 4) is 0 Å². The zero-order chi connectivity index (χ0) is 52.7. The van der Waals surface area contributed by atoms with Crippen LogP contribution in [-0.2, 0) is 62.2 Å². The van der Waals surface area contributed by atoms with Gasteiger partial charge in [0.05, 0.1) is 6.42 Å². The number of nitrogens with two attached hydrogens (primary N) is 1. The van der Waals surface area contributed by atoms with Crippen molar-refractivity contribution in [3.63, 3.8) is 0 Å². The van der Waals surface area contributed by atoms with Gasteiger partial charge in [-0.1, -0.05) is 78.1 Å². The molecule has 9 N–H and O–H groups in total. The van der Waals surface area contributed by atoms with Gasteiger partial charge in [-0.2, -0.15) is 8.42 Å². The largest absolute Gasteiger partial charge is 0.481 e. The van der Waals surface area contributed by atoms with E-state index in [4.69, 9.17) is 29.4 Å². The number of carbonyl (C=O) groups excluding carboxylic acids is 3. The minimum atomic E-state index is -5.37. The molecule has 0 saturated carbocycles. The maximum Gasteiger partial charge on any atom is 0.397 e. The van der Waals surface area contributed by atoms with Crippen LogP contribution in [0.3, 0.4) is 0 Å². The summed E-state index contributed by atoms with van der Waals surface area (Å²) in [5.41, 5.74) is 3.80. The third-order valence-corrected chi connectivity index (χ3v) is 13.3. The fourth-order valence-corrected chi connectivity index (χ4v) is 9.67. The maximum atomic E-state index is 14.7. The highest BCUT2D eigenvalue weighted by Gasteiger charge is 2.58. The van der Waals surface area contributed by atoms with Crippen LogP contribution < -0.4 is 17.0 Å². The molecule has 1 aromatic heterocycles. The second-order valence-electron chi connectivity index (χ2n) is 18.5. The van der Waals surface area contributed by atoms with Crippen LogP contribution in [0.25, 0.3) is 0 Å². The lowest BCUT2D eigenvalue weighted by molar-refractivity contribution is -0.230. The molecule has 3 aliphatic rings. The van der Waals surface area contributed by atoms with E-state index >= 15 is 0 Å². The molecule has 3 fully saturated rings. The summed E-state index contributed by atoms with van der Waals surface area (Å²) in [6.45, 7) is 2.64. The van der Waals surface area contributed by atoms with Gasteiger partial charge >= 0.3 is 40.0 Å². The molecular formula is C44H71N5O21S. The molecular weight excluding hydrogens is 967 g/mol. The van der Waals surface area contributed by atoms with Gasteiger partial charge in [-0.3, -0.25) is 43.0 Å². The summed E-state index contributed by atoms with van der Waals surface area (Å²) < 4.78 is 68.1. The molecule has 27 heteroatoms. The van der Waals surface area contributed by atoms with Crippen molar-refractivity contribution in [3.05, 3.63) is 33.1 Å². The average molecular weight is 1040 g/mol. The lowest BCUT2D eigenvalue weighted by Crippen LogP contribution is -2.60. The molecule has 1 aromatic rings. The van der Waals surface area contributed by atoms with Crippen LogP contribution in [0.15, 0.2) is 21.9 Å². The normalized spacial score (nSPS) is 28.5. The number of aliphatic hydroxyl groups excluding tert-OH is 3. The van der Waals surface area contributed by atoms with Gasteiger partial charge in [0.2, 0.25) is 5.91 Å². The fourth-order valence-electron chi connectivity index (χ4n) is 9.18. The zero-order valence-electron chi connectivity index (χ0n) is 40.4. The highest BCUT2D eigenvalue weighted by atomic mass is 32.3. The number of unbranched alkanes of at least 4 members (excludes halogenated alkanes) is 10.